The average Bonchev–Trinajstić information content (AvgIpc) is 3.11. The third-order valence-electron chi connectivity index (χ3n) is 4.55. The zero-order chi connectivity index (χ0) is 21.5. The van der Waals surface area contributed by atoms with Gasteiger partial charge < -0.3 is 19.4 Å². The van der Waals surface area contributed by atoms with Gasteiger partial charge in [0.25, 0.3) is 0 Å². The summed E-state index contributed by atoms with van der Waals surface area (Å²) in [6.45, 7) is 4.63. The van der Waals surface area contributed by atoms with Crippen LogP contribution in [0, 0.1) is 0 Å². The molecule has 30 heavy (non-hydrogen) atoms. The number of carbonyl (C=O) groups is 1. The van der Waals surface area contributed by atoms with Gasteiger partial charge in [0.1, 0.15) is 18.1 Å². The van der Waals surface area contributed by atoms with Crippen molar-refractivity contribution in [3.63, 3.8) is 0 Å². The van der Waals surface area contributed by atoms with E-state index in [1.807, 2.05) is 23.7 Å². The minimum atomic E-state index is -0.115. The highest BCUT2D eigenvalue weighted by molar-refractivity contribution is 7.99. The highest BCUT2D eigenvalue weighted by Gasteiger charge is 2.12. The van der Waals surface area contributed by atoms with E-state index in [0.29, 0.717) is 23.5 Å². The summed E-state index contributed by atoms with van der Waals surface area (Å²) in [5.74, 6) is 2.83. The quantitative estimate of drug-likeness (QED) is 0.515. The topological polar surface area (TPSA) is 78.3 Å². The van der Waals surface area contributed by atoms with E-state index in [9.17, 15) is 4.79 Å². The third kappa shape index (κ3) is 5.76. The van der Waals surface area contributed by atoms with E-state index >= 15 is 0 Å². The molecule has 1 N–H and O–H groups in total. The molecule has 0 bridgehead atoms. The molecule has 0 aliphatic rings. The Bertz CT molecular complexity index is 969. The van der Waals surface area contributed by atoms with Crippen LogP contribution in [0.1, 0.15) is 31.2 Å². The summed E-state index contributed by atoms with van der Waals surface area (Å²) in [6, 6.07) is 15.3. The number of anilines is 1. The van der Waals surface area contributed by atoms with Crippen molar-refractivity contribution < 1.29 is 14.3 Å². The number of amides is 1. The van der Waals surface area contributed by atoms with Gasteiger partial charge in [-0.3, -0.25) is 4.79 Å². The highest BCUT2D eigenvalue weighted by atomic mass is 32.2. The van der Waals surface area contributed by atoms with E-state index < -0.39 is 0 Å². The summed E-state index contributed by atoms with van der Waals surface area (Å²) in [4.78, 5) is 12.2. The number of hydrogen-bond donors (Lipinski definition) is 1. The number of nitrogens with one attached hydrogen (secondary N) is 1. The number of nitrogens with zero attached hydrogens (tertiary/aromatic N) is 3. The van der Waals surface area contributed by atoms with E-state index in [1.165, 1.54) is 17.3 Å². The van der Waals surface area contributed by atoms with Crippen molar-refractivity contribution in [2.75, 3.05) is 18.2 Å². The minimum absolute atomic E-state index is 0.115. The standard InChI is InChI=1S/C22H26N4O3S/c1-15(2)16-5-9-19(10-6-16)29-13-20-24-25-22(26(20)3)30-14-21(27)23-17-7-11-18(28-4)12-8-17/h5-12,15H,13-14H2,1-4H3,(H,23,27). The molecule has 1 amide bonds. The van der Waals surface area contributed by atoms with Crippen molar-refractivity contribution >= 4 is 23.4 Å². The van der Waals surface area contributed by atoms with Crippen LogP contribution in [-0.2, 0) is 18.4 Å². The van der Waals surface area contributed by atoms with Crippen LogP contribution in [0.5, 0.6) is 11.5 Å². The van der Waals surface area contributed by atoms with E-state index in [4.69, 9.17) is 9.47 Å². The third-order valence-corrected chi connectivity index (χ3v) is 5.57. The van der Waals surface area contributed by atoms with E-state index in [0.717, 1.165) is 17.2 Å². The van der Waals surface area contributed by atoms with Gasteiger partial charge >= 0.3 is 0 Å². The lowest BCUT2D eigenvalue weighted by Gasteiger charge is -2.09. The van der Waals surface area contributed by atoms with Crippen LogP contribution in [-0.4, -0.2) is 33.5 Å². The molecule has 0 radical (unpaired) electrons. The first-order valence-corrected chi connectivity index (χ1v) is 10.6. The van der Waals surface area contributed by atoms with Gasteiger partial charge in [-0.1, -0.05) is 37.7 Å². The molecule has 8 heteroatoms. The summed E-state index contributed by atoms with van der Waals surface area (Å²) in [5.41, 5.74) is 1.99. The van der Waals surface area contributed by atoms with Gasteiger partial charge in [0, 0.05) is 12.7 Å². The molecule has 0 unspecified atom stereocenters. The van der Waals surface area contributed by atoms with E-state index in [-0.39, 0.29) is 11.7 Å². The number of thioether (sulfide) groups is 1. The summed E-state index contributed by atoms with van der Waals surface area (Å²) >= 11 is 1.33. The summed E-state index contributed by atoms with van der Waals surface area (Å²) in [6.07, 6.45) is 0. The Morgan fingerprint density at radius 1 is 1.07 bits per heavy atom. The van der Waals surface area contributed by atoms with Crippen LogP contribution in [0.15, 0.2) is 53.7 Å². The highest BCUT2D eigenvalue weighted by Crippen LogP contribution is 2.21. The molecule has 158 valence electrons. The maximum atomic E-state index is 12.2. The number of methoxy groups -OCH3 is 1. The van der Waals surface area contributed by atoms with Gasteiger partial charge in [0.15, 0.2) is 11.0 Å². The van der Waals surface area contributed by atoms with Crippen molar-refractivity contribution in [2.45, 2.75) is 31.5 Å². The Kier molecular flexibility index (Phi) is 7.35. The first-order valence-electron chi connectivity index (χ1n) is 9.64. The maximum absolute atomic E-state index is 12.2. The van der Waals surface area contributed by atoms with E-state index in [1.54, 1.807) is 31.4 Å². The van der Waals surface area contributed by atoms with Crippen molar-refractivity contribution in [3.05, 3.63) is 59.9 Å². The fraction of sp³-hybridized carbons (Fsp3) is 0.318. The predicted molar refractivity (Wildman–Crippen MR) is 118 cm³/mol. The zero-order valence-corrected chi connectivity index (χ0v) is 18.4. The Labute approximate surface area is 180 Å². The molecule has 0 spiro atoms. The number of aromatic nitrogens is 3. The Balaban J connectivity index is 1.50. The molecule has 3 aromatic rings. The van der Waals surface area contributed by atoms with Crippen LogP contribution >= 0.6 is 11.8 Å². The smallest absolute Gasteiger partial charge is 0.234 e. The molecule has 1 heterocycles. The molecular weight excluding hydrogens is 400 g/mol. The molecule has 0 saturated carbocycles. The first kappa shape index (κ1) is 21.7. The van der Waals surface area contributed by atoms with Crippen LogP contribution in [0.2, 0.25) is 0 Å². The van der Waals surface area contributed by atoms with E-state index in [2.05, 4.69) is 41.5 Å². The lowest BCUT2D eigenvalue weighted by atomic mass is 10.0. The molecule has 0 fully saturated rings. The Morgan fingerprint density at radius 3 is 2.37 bits per heavy atom. The van der Waals surface area contributed by atoms with Crippen LogP contribution in [0.3, 0.4) is 0 Å². The number of hydrogen-bond acceptors (Lipinski definition) is 6. The molecule has 1 aromatic heterocycles. The largest absolute Gasteiger partial charge is 0.497 e. The van der Waals surface area contributed by atoms with Gasteiger partial charge in [-0.05, 0) is 47.9 Å². The predicted octanol–water partition coefficient (Wildman–Crippen LogP) is 4.26. The van der Waals surface area contributed by atoms with Gasteiger partial charge in [0.2, 0.25) is 5.91 Å². The van der Waals surface area contributed by atoms with Crippen LogP contribution < -0.4 is 14.8 Å². The number of carbonyl (C=O) groups excluding carboxylic acids is 1. The van der Waals surface area contributed by atoms with Crippen molar-refractivity contribution in [2.24, 2.45) is 7.05 Å². The monoisotopic (exact) mass is 426 g/mol. The van der Waals surface area contributed by atoms with Crippen molar-refractivity contribution in [1.29, 1.82) is 0 Å². The molecule has 0 saturated heterocycles. The van der Waals surface area contributed by atoms with Crippen LogP contribution in [0.4, 0.5) is 5.69 Å². The number of ether oxygens (including phenoxy) is 2. The molecule has 2 aromatic carbocycles. The summed E-state index contributed by atoms with van der Waals surface area (Å²) in [7, 11) is 3.47. The molecular formula is C22H26N4O3S. The molecule has 0 atom stereocenters. The molecule has 0 aliphatic carbocycles. The summed E-state index contributed by atoms with van der Waals surface area (Å²) in [5, 5.41) is 11.9. The maximum Gasteiger partial charge on any atom is 0.234 e. The minimum Gasteiger partial charge on any atom is -0.497 e. The average molecular weight is 427 g/mol. The van der Waals surface area contributed by atoms with Crippen molar-refractivity contribution in [1.82, 2.24) is 14.8 Å². The second-order valence-corrected chi connectivity index (χ2v) is 7.98. The Hall–Kier alpha value is -3.00. The van der Waals surface area contributed by atoms with Crippen molar-refractivity contribution in [3.8, 4) is 11.5 Å². The van der Waals surface area contributed by atoms with Gasteiger partial charge in [-0.2, -0.15) is 0 Å². The lowest BCUT2D eigenvalue weighted by Crippen LogP contribution is -2.14. The molecule has 0 aliphatic heterocycles. The SMILES string of the molecule is COc1ccc(NC(=O)CSc2nnc(COc3ccc(C(C)C)cc3)n2C)cc1. The van der Waals surface area contributed by atoms with Gasteiger partial charge in [-0.25, -0.2) is 0 Å². The second-order valence-electron chi connectivity index (χ2n) is 7.04. The zero-order valence-electron chi connectivity index (χ0n) is 17.6. The van der Waals surface area contributed by atoms with Crippen LogP contribution in [0.25, 0.3) is 0 Å². The van der Waals surface area contributed by atoms with Gasteiger partial charge in [-0.15, -0.1) is 10.2 Å². The molecule has 3 rings (SSSR count). The first-order chi connectivity index (χ1) is 14.5. The van der Waals surface area contributed by atoms with Gasteiger partial charge in [0.05, 0.1) is 12.9 Å². The Morgan fingerprint density at radius 2 is 1.73 bits per heavy atom. The molecule has 7 nitrogen and oxygen atoms in total. The summed E-state index contributed by atoms with van der Waals surface area (Å²) < 4.78 is 12.8. The fourth-order valence-corrected chi connectivity index (χ4v) is 3.42. The lowest BCUT2D eigenvalue weighted by molar-refractivity contribution is -0.113. The number of benzene rings is 2. The number of rotatable bonds is 9. The normalized spacial score (nSPS) is 10.8. The fourth-order valence-electron chi connectivity index (χ4n) is 2.69. The second kappa shape index (κ2) is 10.2.